The molecule has 6 unspecified atom stereocenters. The number of fused-ring (bicyclic) bond motifs is 3. The van der Waals surface area contributed by atoms with Crippen LogP contribution in [0, 0.1) is 0 Å². The monoisotopic (exact) mass is 1520 g/mol. The van der Waals surface area contributed by atoms with Crippen molar-refractivity contribution in [1.82, 2.24) is 73.4 Å². The van der Waals surface area contributed by atoms with E-state index in [1.54, 1.807) is 91.3 Å². The molecule has 574 valence electrons. The Labute approximate surface area is 616 Å². The van der Waals surface area contributed by atoms with Gasteiger partial charge in [0.2, 0.25) is 0 Å². The summed E-state index contributed by atoms with van der Waals surface area (Å²) in [5, 5.41) is 29.5. The maximum absolute atomic E-state index is 13.8. The molecule has 12 atom stereocenters. The minimum atomic E-state index is -1.12. The number of hydrogen-bond donors (Lipinski definition) is 7. The Morgan fingerprint density at radius 2 is 0.861 bits per heavy atom. The Kier molecular flexibility index (Phi) is 21.6. The minimum Gasteiger partial charge on any atom is -0.443 e. The number of carbonyl (C=O) groups is 5. The van der Waals surface area contributed by atoms with Gasteiger partial charge < -0.3 is 60.8 Å². The molecule has 6 fully saturated rings. The number of hydrogen-bond acceptors (Lipinski definition) is 20. The SMILES string of the molecule is CN(C(=O)OC(C)(C)C)c1cc(Cl)nc2c(C(=O)NC3CC[C@@H]3F)cnn12.CN(C(=O)OC(C)(C)C)c1cc(Nc2cccn(C3C[C@@H]3F)c2=O)nc2c(C(=O)NC3CC[C@@H]3F)cnn12.CNc1cc(Nc2cccn(C3C[C@@H]3F)c2=O)nc2c(C(=O)NC3CC[C@@H]3F)cnn12.Nc1cccn(C2C[C@@H]2F)c1=O. The number of amides is 5. The largest absolute Gasteiger partial charge is 0.443 e. The van der Waals surface area contributed by atoms with Crippen LogP contribution >= 0.6 is 11.6 Å². The van der Waals surface area contributed by atoms with E-state index in [9.17, 15) is 64.7 Å². The molecule has 9 heterocycles. The van der Waals surface area contributed by atoms with Gasteiger partial charge in [-0.3, -0.25) is 38.6 Å². The molecule has 38 heteroatoms. The first-order valence-electron chi connectivity index (χ1n) is 34.8. The summed E-state index contributed by atoms with van der Waals surface area (Å²) >= 11 is 6.08. The van der Waals surface area contributed by atoms with Gasteiger partial charge in [0.05, 0.1) is 60.5 Å². The van der Waals surface area contributed by atoms with E-state index >= 15 is 0 Å². The summed E-state index contributed by atoms with van der Waals surface area (Å²) < 4.78 is 99.3. The van der Waals surface area contributed by atoms with E-state index in [1.165, 1.54) is 100 Å². The highest BCUT2D eigenvalue weighted by molar-refractivity contribution is 6.30. The number of carbonyl (C=O) groups excluding carboxylic acids is 5. The summed E-state index contributed by atoms with van der Waals surface area (Å²) in [5.41, 5.74) is 4.30. The molecule has 108 heavy (non-hydrogen) atoms. The van der Waals surface area contributed by atoms with E-state index in [0.717, 1.165) is 0 Å². The highest BCUT2D eigenvalue weighted by atomic mass is 35.5. The molecule has 0 bridgehead atoms. The quantitative estimate of drug-likeness (QED) is 0.0349. The van der Waals surface area contributed by atoms with Crippen molar-refractivity contribution in [3.63, 3.8) is 0 Å². The second-order valence-corrected chi connectivity index (χ2v) is 29.2. The number of rotatable bonds is 16. The number of nitrogens with one attached hydrogen (secondary N) is 6. The number of pyridine rings is 3. The zero-order chi connectivity index (χ0) is 77.7. The molecular formula is C70H80ClF6N21O10. The summed E-state index contributed by atoms with van der Waals surface area (Å²) in [6.07, 6.45) is 5.19. The molecular weight excluding hydrogens is 1440 g/mol. The maximum atomic E-state index is 13.8. The lowest BCUT2D eigenvalue weighted by atomic mass is 9.90. The fraction of sp³-hybridized carbons (Fsp3) is 0.457. The van der Waals surface area contributed by atoms with Crippen LogP contribution in [0.2, 0.25) is 5.15 Å². The molecule has 6 aliphatic carbocycles. The highest BCUT2D eigenvalue weighted by Crippen LogP contribution is 2.40. The van der Waals surface area contributed by atoms with Crippen molar-refractivity contribution in [3.05, 3.63) is 145 Å². The van der Waals surface area contributed by atoms with Crippen molar-refractivity contribution in [3.8, 4) is 0 Å². The third-order valence-corrected chi connectivity index (χ3v) is 18.7. The fourth-order valence-electron chi connectivity index (χ4n) is 11.7. The molecule has 0 radical (unpaired) electrons. The number of anilines is 8. The van der Waals surface area contributed by atoms with Gasteiger partial charge in [-0.25, -0.2) is 50.9 Å². The van der Waals surface area contributed by atoms with Gasteiger partial charge in [-0.05, 0) is 116 Å². The molecule has 9 aromatic heterocycles. The molecule has 15 rings (SSSR count). The van der Waals surface area contributed by atoms with E-state index in [-0.39, 0.29) is 96.9 Å². The Balaban J connectivity index is 0.000000142. The molecule has 31 nitrogen and oxygen atoms in total. The average Bonchev–Trinajstić information content (AvgIpc) is 1.61. The molecule has 0 aliphatic heterocycles. The van der Waals surface area contributed by atoms with Crippen LogP contribution in [0.3, 0.4) is 0 Å². The van der Waals surface area contributed by atoms with Crippen LogP contribution in [0.15, 0.2) is 106 Å². The van der Waals surface area contributed by atoms with Crippen LogP contribution in [0.25, 0.3) is 16.9 Å². The van der Waals surface area contributed by atoms with Gasteiger partial charge in [-0.2, -0.15) is 28.8 Å². The van der Waals surface area contributed by atoms with Crippen LogP contribution in [0.5, 0.6) is 0 Å². The topological polar surface area (TPSA) is 365 Å². The lowest BCUT2D eigenvalue weighted by Crippen LogP contribution is -2.48. The van der Waals surface area contributed by atoms with E-state index in [4.69, 9.17) is 26.8 Å². The first-order chi connectivity index (χ1) is 51.1. The van der Waals surface area contributed by atoms with Gasteiger partial charge >= 0.3 is 12.2 Å². The second kappa shape index (κ2) is 30.5. The number of nitrogen functional groups attached to an aromatic ring is 1. The van der Waals surface area contributed by atoms with E-state index < -0.39 is 114 Å². The number of halogens is 7. The zero-order valence-electron chi connectivity index (χ0n) is 60.0. The lowest BCUT2D eigenvalue weighted by Gasteiger charge is -2.30. The van der Waals surface area contributed by atoms with Crippen LogP contribution in [-0.2, 0) is 9.47 Å². The van der Waals surface area contributed by atoms with Gasteiger partial charge in [0.15, 0.2) is 16.9 Å². The number of nitrogens with zero attached hydrogens (tertiary/aromatic N) is 14. The van der Waals surface area contributed by atoms with Crippen molar-refractivity contribution in [2.75, 3.05) is 52.6 Å². The third kappa shape index (κ3) is 16.8. The van der Waals surface area contributed by atoms with E-state index in [2.05, 4.69) is 62.1 Å². The third-order valence-electron chi connectivity index (χ3n) is 18.5. The average molecular weight is 1520 g/mol. The maximum Gasteiger partial charge on any atom is 0.415 e. The van der Waals surface area contributed by atoms with Gasteiger partial charge in [-0.1, -0.05) is 11.6 Å². The molecule has 8 N–H and O–H groups in total. The van der Waals surface area contributed by atoms with Crippen LogP contribution < -0.4 is 64.1 Å². The molecule has 5 amide bonds. The first-order valence-corrected chi connectivity index (χ1v) is 35.2. The molecule has 0 saturated heterocycles. The van der Waals surface area contributed by atoms with Gasteiger partial charge in [0, 0.05) is 77.2 Å². The van der Waals surface area contributed by atoms with Gasteiger partial charge in [0.1, 0.15) is 111 Å². The van der Waals surface area contributed by atoms with Crippen molar-refractivity contribution < 1.29 is 59.8 Å². The zero-order valence-corrected chi connectivity index (χ0v) is 60.8. The molecule has 6 aliphatic rings. The van der Waals surface area contributed by atoms with E-state index in [1.807, 2.05) is 0 Å². The Bertz CT molecular complexity index is 5140. The van der Waals surface area contributed by atoms with Gasteiger partial charge in [-0.15, -0.1) is 0 Å². The predicted molar refractivity (Wildman–Crippen MR) is 388 cm³/mol. The number of aromatic nitrogens is 12. The standard InChI is InChI=1S/C25H29F2N7O4.C20H21F2N7O2.C17H21ClFN5O3.C8H9FN2O/c1-25(2,3)38-24(37)32(4)20-11-19(29-17-6-5-9-33(23(17)36)18-10-15(18)27)31-21-13(12-28-34(20)21)22(35)30-16-8-7-14(16)26;1-23-17-8-16(25-14-3-2-6-28(20(14)31)15-7-12(15)22)27-18-10(9-24-29(17)18)19(30)26-13-5-4-11(13)21;1-17(2,3)27-16(26)23(4)13-7-12(18)22-14-9(8-20-24(13)14)15(25)21-11-6-5-10(11)19;9-5-4-7(5)11-3-1-2-6(10)8(11)12/h5-6,9,11-12,14-16,18H,7-8,10H2,1-4H3,(H,29,31)(H,30,35);2-3,6,8-9,11-13,15,23H,4-5,7H2,1H3,(H,25,27)(H,26,30);7-8,10-11H,5-6H2,1-4H3,(H,21,25);1-3,5,7H,4,10H2/t14-,15-,16?,18?;11-,12-,13?,15?;10-,11?;5-,7?/m0000/s1. The van der Waals surface area contributed by atoms with Crippen LogP contribution in [-0.4, -0.2) is 175 Å². The van der Waals surface area contributed by atoms with Crippen molar-refractivity contribution in [1.29, 1.82) is 0 Å². The lowest BCUT2D eigenvalue weighted by molar-refractivity contribution is 0.0577. The number of nitrogens with two attached hydrogens (primary N) is 1. The normalized spacial score (nSPS) is 22.8. The summed E-state index contributed by atoms with van der Waals surface area (Å²) in [7, 11) is 4.66. The Hall–Kier alpha value is -11.3. The highest BCUT2D eigenvalue weighted by Gasteiger charge is 2.43. The second-order valence-electron chi connectivity index (χ2n) is 28.8. The summed E-state index contributed by atoms with van der Waals surface area (Å²) in [6, 6.07) is 11.3. The molecule has 6 saturated carbocycles. The number of alkyl halides is 6. The summed E-state index contributed by atoms with van der Waals surface area (Å²) in [5.74, 6) is -0.0662. The van der Waals surface area contributed by atoms with Crippen molar-refractivity contribution >= 4 is 105 Å². The van der Waals surface area contributed by atoms with Gasteiger partial charge in [0.25, 0.3) is 34.4 Å². The molecule has 0 aromatic carbocycles. The predicted octanol–water partition coefficient (Wildman–Crippen LogP) is 9.41. The Morgan fingerprint density at radius 3 is 1.22 bits per heavy atom. The van der Waals surface area contributed by atoms with Crippen molar-refractivity contribution in [2.24, 2.45) is 0 Å². The summed E-state index contributed by atoms with van der Waals surface area (Å²) in [4.78, 5) is 116. The van der Waals surface area contributed by atoms with Crippen molar-refractivity contribution in [2.45, 2.75) is 184 Å². The molecule has 9 aromatic rings. The van der Waals surface area contributed by atoms with E-state index in [0.29, 0.717) is 63.0 Å². The Morgan fingerprint density at radius 1 is 0.509 bits per heavy atom. The number of ether oxygens (including phenoxy) is 2. The molecule has 0 spiro atoms. The fourth-order valence-corrected chi connectivity index (χ4v) is 11.8. The smallest absolute Gasteiger partial charge is 0.415 e. The first kappa shape index (κ1) is 76.4. The summed E-state index contributed by atoms with van der Waals surface area (Å²) in [6.45, 7) is 10.4. The minimum absolute atomic E-state index is 0.0651. The van der Waals surface area contributed by atoms with Crippen LogP contribution in [0.4, 0.5) is 82.1 Å². The van der Waals surface area contributed by atoms with Crippen LogP contribution in [0.1, 0.15) is 149 Å².